The van der Waals surface area contributed by atoms with E-state index in [-0.39, 0.29) is 18.1 Å². The summed E-state index contributed by atoms with van der Waals surface area (Å²) in [6.45, 7) is 1.94. The number of carbonyl (C=O) groups excluding carboxylic acids is 1. The number of hydrogen-bond donors (Lipinski definition) is 2. The molecular formula is C19H21N3O. The first-order valence-corrected chi connectivity index (χ1v) is 8.29. The number of anilines is 1. The van der Waals surface area contributed by atoms with Gasteiger partial charge in [0.2, 0.25) is 0 Å². The Morgan fingerprint density at radius 3 is 2.39 bits per heavy atom. The van der Waals surface area contributed by atoms with Gasteiger partial charge in [0, 0.05) is 11.6 Å². The predicted octanol–water partition coefficient (Wildman–Crippen LogP) is 3.06. The highest BCUT2D eigenvalue weighted by Crippen LogP contribution is 2.36. The first-order chi connectivity index (χ1) is 11.3. The second kappa shape index (κ2) is 6.05. The van der Waals surface area contributed by atoms with Gasteiger partial charge >= 0.3 is 6.03 Å². The lowest BCUT2D eigenvalue weighted by atomic mass is 9.93. The molecule has 0 saturated carbocycles. The number of nitrogens with zero attached hydrogens (tertiary/aromatic N) is 1. The van der Waals surface area contributed by atoms with E-state index in [0.717, 1.165) is 37.2 Å². The maximum atomic E-state index is 12.8. The van der Waals surface area contributed by atoms with Crippen LogP contribution < -0.4 is 15.5 Å². The minimum absolute atomic E-state index is 0.0180. The van der Waals surface area contributed by atoms with Gasteiger partial charge in [-0.05, 0) is 37.6 Å². The number of hydrogen-bond acceptors (Lipinski definition) is 2. The van der Waals surface area contributed by atoms with Gasteiger partial charge in [0.15, 0.2) is 0 Å². The first-order valence-electron chi connectivity index (χ1n) is 8.29. The van der Waals surface area contributed by atoms with Crippen LogP contribution in [0.5, 0.6) is 0 Å². The number of urea groups is 1. The van der Waals surface area contributed by atoms with Crippen LogP contribution in [0.15, 0.2) is 54.6 Å². The van der Waals surface area contributed by atoms with Crippen molar-refractivity contribution in [2.75, 3.05) is 18.0 Å². The van der Waals surface area contributed by atoms with Crippen LogP contribution in [-0.4, -0.2) is 25.2 Å². The first kappa shape index (κ1) is 14.3. The molecule has 0 aromatic heterocycles. The number of fused-ring (bicyclic) bond motifs is 1. The molecule has 2 N–H and O–H groups in total. The van der Waals surface area contributed by atoms with Crippen molar-refractivity contribution in [1.82, 2.24) is 10.6 Å². The molecule has 23 heavy (non-hydrogen) atoms. The molecule has 4 heteroatoms. The fourth-order valence-electron chi connectivity index (χ4n) is 3.67. The van der Waals surface area contributed by atoms with Gasteiger partial charge in [-0.1, -0.05) is 48.5 Å². The SMILES string of the molecule is O=C1NC(c2ccccc2)c2ccccc2N1C1CCNCC1. The maximum Gasteiger partial charge on any atom is 0.322 e. The third-order valence-electron chi connectivity index (χ3n) is 4.80. The van der Waals surface area contributed by atoms with Gasteiger partial charge in [0.1, 0.15) is 0 Å². The van der Waals surface area contributed by atoms with Crippen LogP contribution in [0.3, 0.4) is 0 Å². The Bertz CT molecular complexity index is 695. The van der Waals surface area contributed by atoms with Gasteiger partial charge in [-0.25, -0.2) is 4.79 Å². The van der Waals surface area contributed by atoms with E-state index >= 15 is 0 Å². The van der Waals surface area contributed by atoms with Crippen LogP contribution in [-0.2, 0) is 0 Å². The zero-order valence-corrected chi connectivity index (χ0v) is 13.0. The largest absolute Gasteiger partial charge is 0.327 e. The van der Waals surface area contributed by atoms with E-state index in [9.17, 15) is 4.79 Å². The Morgan fingerprint density at radius 2 is 1.61 bits per heavy atom. The number of nitrogens with one attached hydrogen (secondary N) is 2. The number of rotatable bonds is 2. The summed E-state index contributed by atoms with van der Waals surface area (Å²) >= 11 is 0. The van der Waals surface area contributed by atoms with E-state index in [1.165, 1.54) is 5.56 Å². The number of benzene rings is 2. The summed E-state index contributed by atoms with van der Waals surface area (Å²) in [5, 5.41) is 6.57. The zero-order valence-electron chi connectivity index (χ0n) is 13.0. The Hall–Kier alpha value is -2.33. The summed E-state index contributed by atoms with van der Waals surface area (Å²) in [6.07, 6.45) is 2.00. The summed E-state index contributed by atoms with van der Waals surface area (Å²) in [5.74, 6) is 0. The molecule has 4 rings (SSSR count). The molecule has 0 aliphatic carbocycles. The molecule has 2 heterocycles. The highest BCUT2D eigenvalue weighted by atomic mass is 16.2. The molecule has 2 aliphatic rings. The molecule has 0 spiro atoms. The van der Waals surface area contributed by atoms with Gasteiger partial charge in [0.25, 0.3) is 0 Å². The molecule has 2 aromatic rings. The van der Waals surface area contributed by atoms with Crippen molar-refractivity contribution in [2.45, 2.75) is 24.9 Å². The summed E-state index contributed by atoms with van der Waals surface area (Å²) in [5.41, 5.74) is 3.35. The molecule has 4 nitrogen and oxygen atoms in total. The number of para-hydroxylation sites is 1. The Kier molecular flexibility index (Phi) is 3.75. The molecule has 2 aliphatic heterocycles. The second-order valence-electron chi connectivity index (χ2n) is 6.20. The van der Waals surface area contributed by atoms with Gasteiger partial charge in [-0.15, -0.1) is 0 Å². The van der Waals surface area contributed by atoms with Crippen LogP contribution in [0, 0.1) is 0 Å². The monoisotopic (exact) mass is 307 g/mol. The average Bonchev–Trinajstić information content (AvgIpc) is 2.62. The van der Waals surface area contributed by atoms with E-state index < -0.39 is 0 Å². The van der Waals surface area contributed by atoms with Crippen LogP contribution >= 0.6 is 0 Å². The Labute approximate surface area is 136 Å². The molecule has 1 unspecified atom stereocenters. The number of piperidine rings is 1. The third-order valence-corrected chi connectivity index (χ3v) is 4.80. The molecule has 0 bridgehead atoms. The van der Waals surface area contributed by atoms with E-state index in [2.05, 4.69) is 34.9 Å². The Morgan fingerprint density at radius 1 is 0.913 bits per heavy atom. The highest BCUT2D eigenvalue weighted by molar-refractivity contribution is 5.96. The van der Waals surface area contributed by atoms with Crippen molar-refractivity contribution < 1.29 is 4.79 Å². The molecular weight excluding hydrogens is 286 g/mol. The molecule has 1 saturated heterocycles. The Balaban J connectivity index is 1.75. The van der Waals surface area contributed by atoms with E-state index in [0.29, 0.717) is 0 Å². The summed E-state index contributed by atoms with van der Waals surface area (Å²) in [4.78, 5) is 14.8. The normalized spacial score (nSPS) is 21.7. The van der Waals surface area contributed by atoms with Gasteiger partial charge in [-0.3, -0.25) is 4.90 Å². The fraction of sp³-hybridized carbons (Fsp3) is 0.316. The van der Waals surface area contributed by atoms with E-state index in [1.807, 2.05) is 35.2 Å². The molecule has 0 radical (unpaired) electrons. The zero-order chi connectivity index (χ0) is 15.6. The number of amides is 2. The van der Waals surface area contributed by atoms with Crippen molar-refractivity contribution in [3.8, 4) is 0 Å². The van der Waals surface area contributed by atoms with Crippen LogP contribution in [0.2, 0.25) is 0 Å². The smallest absolute Gasteiger partial charge is 0.322 e. The third kappa shape index (κ3) is 2.59. The minimum atomic E-state index is -0.0714. The van der Waals surface area contributed by atoms with Crippen molar-refractivity contribution in [3.63, 3.8) is 0 Å². The molecule has 2 amide bonds. The maximum absolute atomic E-state index is 12.8. The number of carbonyl (C=O) groups is 1. The van der Waals surface area contributed by atoms with Crippen LogP contribution in [0.4, 0.5) is 10.5 Å². The topological polar surface area (TPSA) is 44.4 Å². The lowest BCUT2D eigenvalue weighted by Gasteiger charge is -2.41. The lowest BCUT2D eigenvalue weighted by molar-refractivity contribution is 0.237. The van der Waals surface area contributed by atoms with Gasteiger partial charge in [-0.2, -0.15) is 0 Å². The fourth-order valence-corrected chi connectivity index (χ4v) is 3.67. The van der Waals surface area contributed by atoms with Gasteiger partial charge < -0.3 is 10.6 Å². The average molecular weight is 307 g/mol. The summed E-state index contributed by atoms with van der Waals surface area (Å²) < 4.78 is 0. The van der Waals surface area contributed by atoms with Crippen molar-refractivity contribution in [1.29, 1.82) is 0 Å². The predicted molar refractivity (Wildman–Crippen MR) is 91.6 cm³/mol. The van der Waals surface area contributed by atoms with Crippen molar-refractivity contribution in [3.05, 3.63) is 65.7 Å². The molecule has 1 atom stereocenters. The standard InChI is InChI=1S/C19H21N3O/c23-19-21-18(14-6-2-1-3-7-14)16-8-4-5-9-17(16)22(19)15-10-12-20-13-11-15/h1-9,15,18,20H,10-13H2,(H,21,23). The van der Waals surface area contributed by atoms with E-state index in [1.54, 1.807) is 0 Å². The van der Waals surface area contributed by atoms with Crippen molar-refractivity contribution >= 4 is 11.7 Å². The molecule has 1 fully saturated rings. The quantitative estimate of drug-likeness (QED) is 0.895. The minimum Gasteiger partial charge on any atom is -0.327 e. The molecule has 118 valence electrons. The van der Waals surface area contributed by atoms with Crippen LogP contribution in [0.1, 0.15) is 30.0 Å². The highest BCUT2D eigenvalue weighted by Gasteiger charge is 2.35. The van der Waals surface area contributed by atoms with E-state index in [4.69, 9.17) is 0 Å². The molecule has 2 aromatic carbocycles. The second-order valence-corrected chi connectivity index (χ2v) is 6.20. The summed E-state index contributed by atoms with van der Waals surface area (Å²) in [7, 11) is 0. The van der Waals surface area contributed by atoms with Crippen molar-refractivity contribution in [2.24, 2.45) is 0 Å². The summed E-state index contributed by atoms with van der Waals surface area (Å²) in [6, 6.07) is 18.7. The van der Waals surface area contributed by atoms with Crippen LogP contribution in [0.25, 0.3) is 0 Å². The van der Waals surface area contributed by atoms with Gasteiger partial charge in [0.05, 0.1) is 11.7 Å². The lowest BCUT2D eigenvalue weighted by Crippen LogP contribution is -2.54.